The van der Waals surface area contributed by atoms with Crippen LogP contribution >= 0.6 is 0 Å². The maximum absolute atomic E-state index is 12.5. The van der Waals surface area contributed by atoms with Crippen LogP contribution in [0.1, 0.15) is 93.9 Å². The van der Waals surface area contributed by atoms with Gasteiger partial charge in [-0.05, 0) is 85.2 Å². The second-order valence-corrected chi connectivity index (χ2v) is 11.3. The first-order chi connectivity index (χ1) is 14.3. The first-order valence-corrected chi connectivity index (χ1v) is 12.0. The fourth-order valence-corrected chi connectivity index (χ4v) is 4.70. The molecule has 6 nitrogen and oxygen atoms in total. The molecule has 0 aromatic carbocycles. The Hall–Kier alpha value is -1.05. The zero-order valence-corrected chi connectivity index (χ0v) is 20.9. The van der Waals surface area contributed by atoms with Crippen molar-refractivity contribution in [3.63, 3.8) is 0 Å². The Kier molecular flexibility index (Phi) is 6.91. The molecule has 0 aromatic rings. The van der Waals surface area contributed by atoms with Crippen LogP contribution < -0.4 is 0 Å². The molecular formula is C24H42BNO5. The monoisotopic (exact) mass is 435 g/mol. The number of amides is 1. The largest absolute Gasteiger partial charge is 0.490 e. The summed E-state index contributed by atoms with van der Waals surface area (Å²) in [5, 5.41) is 0. The number of carbonyl (C=O) groups excluding carboxylic acids is 1. The molecule has 3 saturated heterocycles. The molecule has 0 bridgehead atoms. The van der Waals surface area contributed by atoms with Gasteiger partial charge in [0.15, 0.2) is 0 Å². The minimum absolute atomic E-state index is 0.233. The van der Waals surface area contributed by atoms with Crippen molar-refractivity contribution in [1.29, 1.82) is 0 Å². The average molecular weight is 435 g/mol. The summed E-state index contributed by atoms with van der Waals surface area (Å²) >= 11 is 0. The van der Waals surface area contributed by atoms with Crippen LogP contribution in [0.3, 0.4) is 0 Å². The first kappa shape index (κ1) is 24.6. The van der Waals surface area contributed by atoms with E-state index >= 15 is 0 Å². The first-order valence-electron chi connectivity index (χ1n) is 12.0. The Morgan fingerprint density at radius 3 is 2.19 bits per heavy atom. The lowest BCUT2D eigenvalue weighted by Crippen LogP contribution is -2.49. The molecule has 7 heteroatoms. The van der Waals surface area contributed by atoms with Crippen LogP contribution in [0.4, 0.5) is 4.79 Å². The van der Waals surface area contributed by atoms with Gasteiger partial charge >= 0.3 is 13.2 Å². The van der Waals surface area contributed by atoms with Crippen molar-refractivity contribution >= 4 is 13.2 Å². The van der Waals surface area contributed by atoms with Crippen LogP contribution in [0, 0.1) is 0 Å². The van der Waals surface area contributed by atoms with Gasteiger partial charge in [-0.2, -0.15) is 0 Å². The molecule has 3 aliphatic heterocycles. The number of unbranched alkanes of at least 4 members (excludes halogenated alkanes) is 1. The highest BCUT2D eigenvalue weighted by Gasteiger charge is 2.54. The molecular weight excluding hydrogens is 393 g/mol. The lowest BCUT2D eigenvalue weighted by Gasteiger charge is -2.41. The molecule has 0 unspecified atom stereocenters. The summed E-state index contributed by atoms with van der Waals surface area (Å²) in [6.07, 6.45) is 5.44. The van der Waals surface area contributed by atoms with E-state index in [2.05, 4.69) is 34.6 Å². The van der Waals surface area contributed by atoms with Crippen LogP contribution in [0.25, 0.3) is 0 Å². The second kappa shape index (κ2) is 8.71. The summed E-state index contributed by atoms with van der Waals surface area (Å²) in [6, 6.07) is 0. The second-order valence-electron chi connectivity index (χ2n) is 11.3. The quantitative estimate of drug-likeness (QED) is 0.562. The molecule has 3 heterocycles. The minimum atomic E-state index is -0.481. The fourth-order valence-electron chi connectivity index (χ4n) is 4.70. The predicted molar refractivity (Wildman–Crippen MR) is 123 cm³/mol. The van der Waals surface area contributed by atoms with Crippen molar-refractivity contribution in [1.82, 2.24) is 4.90 Å². The highest BCUT2D eigenvalue weighted by atomic mass is 16.7. The number of likely N-dealkylation sites (tertiary alicyclic amines) is 1. The van der Waals surface area contributed by atoms with Gasteiger partial charge in [0.25, 0.3) is 0 Å². The van der Waals surface area contributed by atoms with Gasteiger partial charge in [0.05, 0.1) is 23.4 Å². The third-order valence-corrected chi connectivity index (χ3v) is 7.23. The van der Waals surface area contributed by atoms with E-state index in [4.69, 9.17) is 18.8 Å². The number of allylic oxidation sites excluding steroid dienone is 1. The standard InChI is InChI=1S/C24H42BNO5/c1-9-10-11-19(25-30-22(5,6)23(7,8)31-25)18-12-17-28-24(18)13-15-26(16-14-24)20(27)29-21(2,3)4/h9-17H2,1-8H3/b19-18+. The summed E-state index contributed by atoms with van der Waals surface area (Å²) in [5.41, 5.74) is 1.10. The molecule has 3 aliphatic rings. The van der Waals surface area contributed by atoms with E-state index in [1.54, 1.807) is 0 Å². The molecule has 0 radical (unpaired) electrons. The van der Waals surface area contributed by atoms with Gasteiger partial charge in [-0.25, -0.2) is 4.79 Å². The van der Waals surface area contributed by atoms with Crippen LogP contribution in [-0.2, 0) is 18.8 Å². The van der Waals surface area contributed by atoms with Gasteiger partial charge in [0.1, 0.15) is 5.60 Å². The minimum Gasteiger partial charge on any atom is -0.444 e. The highest BCUT2D eigenvalue weighted by molar-refractivity contribution is 6.54. The summed E-state index contributed by atoms with van der Waals surface area (Å²) < 4.78 is 24.9. The molecule has 0 saturated carbocycles. The Morgan fingerprint density at radius 1 is 1.10 bits per heavy atom. The van der Waals surface area contributed by atoms with Gasteiger partial charge in [0, 0.05) is 13.1 Å². The fraction of sp³-hybridized carbons (Fsp3) is 0.875. The SMILES string of the molecule is CCCC/C(B1OC(C)(C)C(C)(C)O1)=C1/CCOC12CCN(C(=O)OC(C)(C)C)CC2. The van der Waals surface area contributed by atoms with E-state index in [1.165, 1.54) is 11.0 Å². The van der Waals surface area contributed by atoms with Crippen molar-refractivity contribution < 1.29 is 23.6 Å². The zero-order chi connectivity index (χ0) is 23.1. The van der Waals surface area contributed by atoms with E-state index in [0.717, 1.165) is 45.1 Å². The zero-order valence-electron chi connectivity index (χ0n) is 20.9. The third-order valence-electron chi connectivity index (χ3n) is 7.23. The lowest BCUT2D eigenvalue weighted by atomic mass is 9.67. The predicted octanol–water partition coefficient (Wildman–Crippen LogP) is 5.29. The van der Waals surface area contributed by atoms with Gasteiger partial charge in [0.2, 0.25) is 0 Å². The van der Waals surface area contributed by atoms with Crippen molar-refractivity contribution in [3.05, 3.63) is 11.0 Å². The number of ether oxygens (including phenoxy) is 2. The van der Waals surface area contributed by atoms with Crippen LogP contribution in [-0.4, -0.2) is 60.2 Å². The normalized spacial score (nSPS) is 26.5. The Morgan fingerprint density at radius 2 is 1.68 bits per heavy atom. The Labute approximate surface area is 189 Å². The average Bonchev–Trinajstić information content (AvgIpc) is 3.12. The highest BCUT2D eigenvalue weighted by Crippen LogP contribution is 2.46. The molecule has 3 fully saturated rings. The summed E-state index contributed by atoms with van der Waals surface area (Å²) in [5.74, 6) is 0. The molecule has 1 amide bonds. The molecule has 0 N–H and O–H groups in total. The van der Waals surface area contributed by atoms with E-state index in [9.17, 15) is 4.79 Å². The summed E-state index contributed by atoms with van der Waals surface area (Å²) in [4.78, 5) is 14.4. The number of piperidine rings is 1. The molecule has 0 atom stereocenters. The van der Waals surface area contributed by atoms with Crippen LogP contribution in [0.5, 0.6) is 0 Å². The van der Waals surface area contributed by atoms with Crippen molar-refractivity contribution in [3.8, 4) is 0 Å². The summed E-state index contributed by atoms with van der Waals surface area (Å²) in [6.45, 7) is 18.4. The Bertz CT molecular complexity index is 685. The smallest absolute Gasteiger partial charge is 0.444 e. The molecule has 1 spiro atoms. The molecule has 31 heavy (non-hydrogen) atoms. The number of hydrogen-bond donors (Lipinski definition) is 0. The topological polar surface area (TPSA) is 57.2 Å². The Balaban J connectivity index is 1.82. The molecule has 0 aromatic heterocycles. The lowest BCUT2D eigenvalue weighted by molar-refractivity contribution is -0.0336. The van der Waals surface area contributed by atoms with Crippen LogP contribution in [0.2, 0.25) is 0 Å². The number of hydrogen-bond acceptors (Lipinski definition) is 5. The van der Waals surface area contributed by atoms with Crippen molar-refractivity contribution in [2.45, 2.75) is 116 Å². The number of nitrogens with zero attached hydrogens (tertiary/aromatic N) is 1. The molecule has 0 aliphatic carbocycles. The molecule has 176 valence electrons. The van der Waals surface area contributed by atoms with Crippen molar-refractivity contribution in [2.24, 2.45) is 0 Å². The van der Waals surface area contributed by atoms with E-state index in [-0.39, 0.29) is 30.0 Å². The maximum atomic E-state index is 12.5. The van der Waals surface area contributed by atoms with Crippen LogP contribution in [0.15, 0.2) is 11.0 Å². The molecule has 3 rings (SSSR count). The van der Waals surface area contributed by atoms with Gasteiger partial charge in [-0.3, -0.25) is 0 Å². The van der Waals surface area contributed by atoms with Gasteiger partial charge < -0.3 is 23.7 Å². The van der Waals surface area contributed by atoms with Gasteiger partial charge in [-0.15, -0.1) is 0 Å². The number of rotatable bonds is 4. The number of carbonyl (C=O) groups is 1. The van der Waals surface area contributed by atoms with E-state index in [0.29, 0.717) is 13.1 Å². The van der Waals surface area contributed by atoms with Gasteiger partial charge in [-0.1, -0.05) is 19.8 Å². The summed E-state index contributed by atoms with van der Waals surface area (Å²) in [7, 11) is -0.325. The maximum Gasteiger partial charge on any atom is 0.490 e. The van der Waals surface area contributed by atoms with E-state index < -0.39 is 5.60 Å². The third kappa shape index (κ3) is 5.14. The van der Waals surface area contributed by atoms with E-state index in [1.807, 2.05) is 25.7 Å². The van der Waals surface area contributed by atoms with Crippen molar-refractivity contribution in [2.75, 3.05) is 19.7 Å².